The maximum atomic E-state index is 13.5. The highest BCUT2D eigenvalue weighted by Crippen LogP contribution is 2.21. The minimum atomic E-state index is -0.529. The number of nitrogens with zero attached hydrogens (tertiary/aromatic N) is 3. The van der Waals surface area contributed by atoms with Gasteiger partial charge in [-0.1, -0.05) is 44.5 Å². The Labute approximate surface area is 169 Å². The molecule has 0 bridgehead atoms. The number of aromatic nitrogens is 2. The van der Waals surface area contributed by atoms with Crippen molar-refractivity contribution >= 4 is 28.5 Å². The number of aryl methyl sites for hydroxylation is 1. The summed E-state index contributed by atoms with van der Waals surface area (Å²) in [7, 11) is 0. The van der Waals surface area contributed by atoms with Gasteiger partial charge in [0.15, 0.2) is 0 Å². The van der Waals surface area contributed by atoms with E-state index >= 15 is 0 Å². The first-order valence-corrected chi connectivity index (χ1v) is 9.97. The lowest BCUT2D eigenvalue weighted by molar-refractivity contribution is 0.0716. The van der Waals surface area contributed by atoms with E-state index in [9.17, 15) is 9.18 Å². The SMILES string of the molecule is CCCn1c(CN(CC(C)C)C(=O)c2ccc(F)c(Cl)c2)nc2ccccc21. The van der Waals surface area contributed by atoms with Gasteiger partial charge in [-0.25, -0.2) is 9.37 Å². The van der Waals surface area contributed by atoms with Crippen LogP contribution in [0.15, 0.2) is 42.5 Å². The van der Waals surface area contributed by atoms with Crippen LogP contribution in [0.5, 0.6) is 0 Å². The monoisotopic (exact) mass is 401 g/mol. The van der Waals surface area contributed by atoms with Gasteiger partial charge in [0, 0.05) is 18.7 Å². The number of hydrogen-bond donors (Lipinski definition) is 0. The number of benzene rings is 2. The minimum absolute atomic E-state index is 0.0476. The fourth-order valence-electron chi connectivity index (χ4n) is 3.36. The molecule has 1 heterocycles. The molecular weight excluding hydrogens is 377 g/mol. The number of amides is 1. The third kappa shape index (κ3) is 4.36. The molecule has 148 valence electrons. The topological polar surface area (TPSA) is 38.1 Å². The molecule has 3 rings (SSSR count). The predicted octanol–water partition coefficient (Wildman–Crippen LogP) is 5.54. The van der Waals surface area contributed by atoms with Gasteiger partial charge in [-0.2, -0.15) is 0 Å². The molecule has 0 atom stereocenters. The smallest absolute Gasteiger partial charge is 0.254 e. The summed E-state index contributed by atoms with van der Waals surface area (Å²) in [5.41, 5.74) is 2.37. The first-order chi connectivity index (χ1) is 13.4. The molecule has 0 saturated carbocycles. The quantitative estimate of drug-likeness (QED) is 0.521. The summed E-state index contributed by atoms with van der Waals surface area (Å²) < 4.78 is 15.7. The molecule has 6 heteroatoms. The van der Waals surface area contributed by atoms with Crippen LogP contribution in [-0.4, -0.2) is 26.9 Å². The van der Waals surface area contributed by atoms with Crippen LogP contribution >= 0.6 is 11.6 Å². The first kappa shape index (κ1) is 20.3. The predicted molar refractivity (Wildman–Crippen MR) is 111 cm³/mol. The Bertz CT molecular complexity index is 983. The van der Waals surface area contributed by atoms with Crippen LogP contribution in [0.3, 0.4) is 0 Å². The highest BCUT2D eigenvalue weighted by atomic mass is 35.5. The van der Waals surface area contributed by atoms with Crippen LogP contribution in [0, 0.1) is 11.7 Å². The number of para-hydroxylation sites is 2. The van der Waals surface area contributed by atoms with Crippen molar-refractivity contribution in [1.82, 2.24) is 14.5 Å². The lowest BCUT2D eigenvalue weighted by atomic mass is 10.1. The summed E-state index contributed by atoms with van der Waals surface area (Å²) in [4.78, 5) is 19.7. The van der Waals surface area contributed by atoms with Gasteiger partial charge in [0.25, 0.3) is 5.91 Å². The Morgan fingerprint density at radius 2 is 2.00 bits per heavy atom. The molecule has 0 aliphatic rings. The van der Waals surface area contributed by atoms with Crippen molar-refractivity contribution in [3.8, 4) is 0 Å². The van der Waals surface area contributed by atoms with Crippen molar-refractivity contribution in [1.29, 1.82) is 0 Å². The van der Waals surface area contributed by atoms with E-state index < -0.39 is 5.82 Å². The van der Waals surface area contributed by atoms with E-state index in [4.69, 9.17) is 16.6 Å². The second kappa shape index (κ2) is 8.74. The Kier molecular flexibility index (Phi) is 6.35. The number of fused-ring (bicyclic) bond motifs is 1. The van der Waals surface area contributed by atoms with Crippen LogP contribution in [0.25, 0.3) is 11.0 Å². The maximum Gasteiger partial charge on any atom is 0.254 e. The maximum absolute atomic E-state index is 13.5. The number of halogens is 2. The van der Waals surface area contributed by atoms with Gasteiger partial charge in [0.1, 0.15) is 11.6 Å². The molecule has 0 radical (unpaired) electrons. The lowest BCUT2D eigenvalue weighted by Crippen LogP contribution is -2.34. The van der Waals surface area contributed by atoms with E-state index in [-0.39, 0.29) is 16.8 Å². The molecule has 2 aromatic carbocycles. The number of carbonyl (C=O) groups is 1. The second-order valence-electron chi connectivity index (χ2n) is 7.38. The van der Waals surface area contributed by atoms with Crippen molar-refractivity contribution in [3.63, 3.8) is 0 Å². The Hall–Kier alpha value is -2.40. The Balaban J connectivity index is 1.96. The van der Waals surface area contributed by atoms with Gasteiger partial charge in [-0.15, -0.1) is 0 Å². The summed E-state index contributed by atoms with van der Waals surface area (Å²) in [6.45, 7) is 8.04. The Morgan fingerprint density at radius 3 is 2.68 bits per heavy atom. The normalized spacial score (nSPS) is 11.4. The number of carbonyl (C=O) groups excluding carboxylic acids is 1. The van der Waals surface area contributed by atoms with Gasteiger partial charge in [-0.05, 0) is 42.7 Å². The zero-order chi connectivity index (χ0) is 20.3. The largest absolute Gasteiger partial charge is 0.331 e. The average Bonchev–Trinajstić information content (AvgIpc) is 3.00. The third-order valence-corrected chi connectivity index (χ3v) is 4.84. The minimum Gasteiger partial charge on any atom is -0.331 e. The fraction of sp³-hybridized carbons (Fsp3) is 0.364. The van der Waals surface area contributed by atoms with E-state index in [1.165, 1.54) is 18.2 Å². The van der Waals surface area contributed by atoms with Crippen LogP contribution in [0.4, 0.5) is 4.39 Å². The molecule has 4 nitrogen and oxygen atoms in total. The number of imidazole rings is 1. The molecule has 0 saturated heterocycles. The van der Waals surface area contributed by atoms with E-state index in [1.54, 1.807) is 4.90 Å². The molecule has 28 heavy (non-hydrogen) atoms. The van der Waals surface area contributed by atoms with Gasteiger partial charge in [0.2, 0.25) is 0 Å². The van der Waals surface area contributed by atoms with E-state index in [0.29, 0.717) is 18.7 Å². The molecular formula is C22H25ClFN3O. The van der Waals surface area contributed by atoms with Gasteiger partial charge in [0.05, 0.1) is 22.6 Å². The summed E-state index contributed by atoms with van der Waals surface area (Å²) in [6.07, 6.45) is 0.971. The lowest BCUT2D eigenvalue weighted by Gasteiger charge is -2.25. The first-order valence-electron chi connectivity index (χ1n) is 9.59. The standard InChI is InChI=1S/C22H25ClFN3O/c1-4-11-27-20-8-6-5-7-19(20)25-21(27)14-26(13-15(2)3)22(28)16-9-10-18(24)17(23)12-16/h5-10,12,15H,4,11,13-14H2,1-3H3. The van der Waals surface area contributed by atoms with Crippen molar-refractivity contribution in [2.24, 2.45) is 5.92 Å². The third-order valence-electron chi connectivity index (χ3n) is 4.55. The van der Waals surface area contributed by atoms with Crippen LogP contribution in [0.2, 0.25) is 5.02 Å². The van der Waals surface area contributed by atoms with E-state index in [0.717, 1.165) is 29.8 Å². The van der Waals surface area contributed by atoms with Crippen molar-refractivity contribution in [2.75, 3.05) is 6.54 Å². The van der Waals surface area contributed by atoms with Gasteiger partial charge in [-0.3, -0.25) is 4.79 Å². The van der Waals surface area contributed by atoms with Crippen LogP contribution in [0.1, 0.15) is 43.4 Å². The molecule has 3 aromatic rings. The molecule has 0 fully saturated rings. The van der Waals surface area contributed by atoms with Gasteiger partial charge >= 0.3 is 0 Å². The van der Waals surface area contributed by atoms with Crippen LogP contribution in [-0.2, 0) is 13.1 Å². The van der Waals surface area contributed by atoms with E-state index in [2.05, 4.69) is 31.4 Å². The van der Waals surface area contributed by atoms with Crippen molar-refractivity contribution in [2.45, 2.75) is 40.3 Å². The zero-order valence-corrected chi connectivity index (χ0v) is 17.2. The zero-order valence-electron chi connectivity index (χ0n) is 16.5. The number of rotatable bonds is 7. The molecule has 0 unspecified atom stereocenters. The molecule has 0 aliphatic carbocycles. The second-order valence-corrected chi connectivity index (χ2v) is 7.78. The van der Waals surface area contributed by atoms with Gasteiger partial charge < -0.3 is 9.47 Å². The van der Waals surface area contributed by atoms with E-state index in [1.807, 2.05) is 18.2 Å². The molecule has 0 N–H and O–H groups in total. The average molecular weight is 402 g/mol. The summed E-state index contributed by atoms with van der Waals surface area (Å²) in [5, 5.41) is -0.0476. The number of hydrogen-bond acceptors (Lipinski definition) is 2. The Morgan fingerprint density at radius 1 is 1.25 bits per heavy atom. The highest BCUT2D eigenvalue weighted by Gasteiger charge is 2.21. The van der Waals surface area contributed by atoms with Crippen LogP contribution < -0.4 is 0 Å². The summed E-state index contributed by atoms with van der Waals surface area (Å²) >= 11 is 5.89. The summed E-state index contributed by atoms with van der Waals surface area (Å²) in [6, 6.07) is 12.1. The summed E-state index contributed by atoms with van der Waals surface area (Å²) in [5.74, 6) is 0.429. The highest BCUT2D eigenvalue weighted by molar-refractivity contribution is 6.31. The van der Waals surface area contributed by atoms with Crippen molar-refractivity contribution < 1.29 is 9.18 Å². The molecule has 1 aromatic heterocycles. The van der Waals surface area contributed by atoms with Crippen molar-refractivity contribution in [3.05, 3.63) is 64.7 Å². The molecule has 1 amide bonds. The molecule has 0 spiro atoms. The molecule has 0 aliphatic heterocycles. The fourth-order valence-corrected chi connectivity index (χ4v) is 3.54.